The van der Waals surface area contributed by atoms with Crippen molar-refractivity contribution >= 4 is 22.9 Å². The van der Waals surface area contributed by atoms with Crippen LogP contribution in [0, 0.1) is 0 Å². The zero-order chi connectivity index (χ0) is 20.6. The number of hydrogen-bond acceptors (Lipinski definition) is 2. The molecule has 4 rings (SSSR count). The molecule has 0 aliphatic heterocycles. The van der Waals surface area contributed by atoms with Gasteiger partial charge in [0.2, 0.25) is 0 Å². The minimum Gasteiger partial charge on any atom is -0.376 e. The third-order valence-corrected chi connectivity index (χ3v) is 5.42. The maximum Gasteiger partial charge on any atom is 0.107 e. The monoisotopic (exact) mass is 408 g/mol. The smallest absolute Gasteiger partial charge is 0.107 e. The SMILES string of the molecule is S=C(N[C@@H](c1ccccc1)[C@@H](Nc1ccccc1)c1ccccc1)c1ccccc1. The van der Waals surface area contributed by atoms with Crippen LogP contribution in [0.25, 0.3) is 0 Å². The van der Waals surface area contributed by atoms with Gasteiger partial charge >= 0.3 is 0 Å². The third kappa shape index (κ3) is 4.94. The van der Waals surface area contributed by atoms with E-state index < -0.39 is 0 Å². The van der Waals surface area contributed by atoms with Gasteiger partial charge in [-0.1, -0.05) is 121 Å². The lowest BCUT2D eigenvalue weighted by Crippen LogP contribution is -2.35. The molecule has 0 bridgehead atoms. The van der Waals surface area contributed by atoms with Crippen LogP contribution in [0.5, 0.6) is 0 Å². The zero-order valence-corrected chi connectivity index (χ0v) is 17.4. The van der Waals surface area contributed by atoms with Crippen LogP contribution in [-0.4, -0.2) is 4.99 Å². The summed E-state index contributed by atoms with van der Waals surface area (Å²) in [4.78, 5) is 0.736. The van der Waals surface area contributed by atoms with E-state index in [1.807, 2.05) is 60.7 Å². The molecule has 0 radical (unpaired) electrons. The molecule has 0 heterocycles. The van der Waals surface area contributed by atoms with Gasteiger partial charge in [0.15, 0.2) is 0 Å². The lowest BCUT2D eigenvalue weighted by Gasteiger charge is -2.31. The lowest BCUT2D eigenvalue weighted by molar-refractivity contribution is 0.558. The number of para-hydroxylation sites is 1. The van der Waals surface area contributed by atoms with E-state index in [9.17, 15) is 0 Å². The molecule has 4 aromatic rings. The molecule has 2 nitrogen and oxygen atoms in total. The zero-order valence-electron chi connectivity index (χ0n) is 16.6. The van der Waals surface area contributed by atoms with Gasteiger partial charge in [0.25, 0.3) is 0 Å². The number of anilines is 1. The molecule has 148 valence electrons. The molecular formula is C27H24N2S. The Balaban J connectivity index is 1.73. The second-order valence-electron chi connectivity index (χ2n) is 7.13. The van der Waals surface area contributed by atoms with Gasteiger partial charge in [0.1, 0.15) is 4.99 Å². The van der Waals surface area contributed by atoms with Crippen LogP contribution >= 0.6 is 12.2 Å². The van der Waals surface area contributed by atoms with Gasteiger partial charge in [-0.2, -0.15) is 0 Å². The number of nitrogens with one attached hydrogen (secondary N) is 2. The van der Waals surface area contributed by atoms with Crippen LogP contribution in [0.2, 0.25) is 0 Å². The van der Waals surface area contributed by atoms with Gasteiger partial charge in [0.05, 0.1) is 12.1 Å². The van der Waals surface area contributed by atoms with Crippen LogP contribution in [0.1, 0.15) is 28.8 Å². The Kier molecular flexibility index (Phi) is 6.53. The minimum atomic E-state index is -0.0542. The Morgan fingerprint density at radius 1 is 0.533 bits per heavy atom. The molecule has 0 aromatic heterocycles. The van der Waals surface area contributed by atoms with Crippen LogP contribution in [0.15, 0.2) is 121 Å². The molecule has 0 aliphatic carbocycles. The second kappa shape index (κ2) is 9.86. The topological polar surface area (TPSA) is 24.1 Å². The molecule has 2 N–H and O–H groups in total. The van der Waals surface area contributed by atoms with E-state index in [0.29, 0.717) is 0 Å². The molecule has 0 fully saturated rings. The van der Waals surface area contributed by atoms with Crippen molar-refractivity contribution in [1.29, 1.82) is 0 Å². The predicted molar refractivity (Wildman–Crippen MR) is 130 cm³/mol. The van der Waals surface area contributed by atoms with E-state index in [4.69, 9.17) is 12.2 Å². The molecular weight excluding hydrogens is 384 g/mol. The Labute approximate surface area is 183 Å². The fourth-order valence-corrected chi connectivity index (χ4v) is 3.83. The lowest BCUT2D eigenvalue weighted by atomic mass is 9.92. The quantitative estimate of drug-likeness (QED) is 0.339. The summed E-state index contributed by atoms with van der Waals surface area (Å²) in [6, 6.07) is 41.3. The first-order valence-electron chi connectivity index (χ1n) is 10.1. The highest BCUT2D eigenvalue weighted by Gasteiger charge is 2.26. The standard InChI is InChI=1S/C27H24N2S/c30-27(23-17-9-3-10-18-23)29-26(22-15-7-2-8-16-22)25(21-13-5-1-6-14-21)28-24-19-11-4-12-20-24/h1-20,25-26,28H,(H,29,30)/t25-,26-/m0/s1. The highest BCUT2D eigenvalue weighted by Crippen LogP contribution is 2.32. The minimum absolute atomic E-state index is 0.0161. The molecule has 0 unspecified atom stereocenters. The van der Waals surface area contributed by atoms with E-state index in [1.165, 1.54) is 11.1 Å². The average molecular weight is 409 g/mol. The molecule has 0 saturated heterocycles. The van der Waals surface area contributed by atoms with Crippen molar-refractivity contribution in [3.05, 3.63) is 138 Å². The summed E-state index contributed by atoms with van der Waals surface area (Å²) in [6.45, 7) is 0. The maximum atomic E-state index is 5.79. The van der Waals surface area contributed by atoms with Crippen molar-refractivity contribution < 1.29 is 0 Å². The summed E-state index contributed by atoms with van der Waals surface area (Å²) in [5, 5.41) is 7.37. The Morgan fingerprint density at radius 2 is 0.967 bits per heavy atom. The second-order valence-corrected chi connectivity index (χ2v) is 7.53. The molecule has 0 saturated carbocycles. The summed E-state index contributed by atoms with van der Waals surface area (Å²) in [7, 11) is 0. The number of thiocarbonyl (C=S) groups is 1. The molecule has 4 aromatic carbocycles. The van der Waals surface area contributed by atoms with Crippen molar-refractivity contribution in [2.75, 3.05) is 5.32 Å². The van der Waals surface area contributed by atoms with Crippen molar-refractivity contribution in [3.8, 4) is 0 Å². The van der Waals surface area contributed by atoms with Crippen LogP contribution in [0.4, 0.5) is 5.69 Å². The average Bonchev–Trinajstić information content (AvgIpc) is 2.83. The van der Waals surface area contributed by atoms with E-state index in [2.05, 4.69) is 71.3 Å². The Morgan fingerprint density at radius 3 is 1.50 bits per heavy atom. The van der Waals surface area contributed by atoms with Gasteiger partial charge in [0, 0.05) is 11.3 Å². The van der Waals surface area contributed by atoms with Crippen LogP contribution < -0.4 is 10.6 Å². The van der Waals surface area contributed by atoms with E-state index >= 15 is 0 Å². The van der Waals surface area contributed by atoms with Crippen LogP contribution in [-0.2, 0) is 0 Å². The molecule has 0 amide bonds. The third-order valence-electron chi connectivity index (χ3n) is 5.07. The highest BCUT2D eigenvalue weighted by atomic mass is 32.1. The number of benzene rings is 4. The first kappa shape index (κ1) is 19.9. The van der Waals surface area contributed by atoms with Crippen LogP contribution in [0.3, 0.4) is 0 Å². The Bertz CT molecular complexity index is 1050. The van der Waals surface area contributed by atoms with E-state index in [-0.39, 0.29) is 12.1 Å². The summed E-state index contributed by atoms with van der Waals surface area (Å²) in [6.07, 6.45) is 0. The summed E-state index contributed by atoms with van der Waals surface area (Å²) in [5.41, 5.74) is 4.45. The maximum absolute atomic E-state index is 5.79. The molecule has 2 atom stereocenters. The van der Waals surface area contributed by atoms with Gasteiger partial charge in [-0.05, 0) is 23.3 Å². The van der Waals surface area contributed by atoms with E-state index in [0.717, 1.165) is 16.2 Å². The van der Waals surface area contributed by atoms with Crippen molar-refractivity contribution in [2.24, 2.45) is 0 Å². The summed E-state index contributed by atoms with van der Waals surface area (Å²) < 4.78 is 0. The highest BCUT2D eigenvalue weighted by molar-refractivity contribution is 7.80. The Hall–Kier alpha value is -3.43. The largest absolute Gasteiger partial charge is 0.376 e. The van der Waals surface area contributed by atoms with Gasteiger partial charge < -0.3 is 10.6 Å². The molecule has 0 aliphatic rings. The first-order chi connectivity index (χ1) is 14.8. The van der Waals surface area contributed by atoms with Gasteiger partial charge in [-0.3, -0.25) is 0 Å². The number of rotatable bonds is 7. The first-order valence-corrected chi connectivity index (χ1v) is 10.5. The predicted octanol–water partition coefficient (Wildman–Crippen LogP) is 6.55. The molecule has 0 spiro atoms. The normalized spacial score (nSPS) is 12.5. The van der Waals surface area contributed by atoms with Crippen molar-refractivity contribution in [2.45, 2.75) is 12.1 Å². The van der Waals surface area contributed by atoms with Crippen molar-refractivity contribution in [3.63, 3.8) is 0 Å². The molecule has 3 heteroatoms. The number of hydrogen-bond donors (Lipinski definition) is 2. The van der Waals surface area contributed by atoms with E-state index in [1.54, 1.807) is 0 Å². The fraction of sp³-hybridized carbons (Fsp3) is 0.0741. The fourth-order valence-electron chi connectivity index (χ4n) is 3.57. The summed E-state index contributed by atoms with van der Waals surface area (Å²) >= 11 is 5.79. The van der Waals surface area contributed by atoms with Gasteiger partial charge in [-0.25, -0.2) is 0 Å². The van der Waals surface area contributed by atoms with Gasteiger partial charge in [-0.15, -0.1) is 0 Å². The molecule has 30 heavy (non-hydrogen) atoms. The van der Waals surface area contributed by atoms with Crippen molar-refractivity contribution in [1.82, 2.24) is 5.32 Å². The summed E-state index contributed by atoms with van der Waals surface area (Å²) in [5.74, 6) is 0.